The molecule has 0 radical (unpaired) electrons. The van der Waals surface area contributed by atoms with Crippen molar-refractivity contribution in [3.05, 3.63) is 0 Å². The number of nitrogens with one attached hydrogen (secondary N) is 1. The predicted octanol–water partition coefficient (Wildman–Crippen LogP) is 0.910. The Balaban J connectivity index is 4.24. The Morgan fingerprint density at radius 3 is 2.07 bits per heavy atom. The minimum Gasteiger partial charge on any atom is -0.481 e. The maximum atomic E-state index is 11.6. The molecule has 0 bridgehead atoms. The topological polar surface area (TPSA) is 66.4 Å². The number of hydrogen-bond donors (Lipinski definition) is 2. The van der Waals surface area contributed by atoms with Gasteiger partial charge in [-0.1, -0.05) is 20.8 Å². The number of ketones is 1. The first-order valence-corrected chi connectivity index (χ1v) is 4.83. The van der Waals surface area contributed by atoms with Gasteiger partial charge in [0.2, 0.25) is 0 Å². The average molecular weight is 201 g/mol. The number of carbonyl (C=O) groups is 2. The summed E-state index contributed by atoms with van der Waals surface area (Å²) in [5, 5.41) is 11.6. The summed E-state index contributed by atoms with van der Waals surface area (Å²) >= 11 is 0. The first-order chi connectivity index (χ1) is 6.40. The van der Waals surface area contributed by atoms with E-state index < -0.39 is 11.9 Å². The minimum absolute atomic E-state index is 0.0302. The number of carbonyl (C=O) groups excluding carboxylic acids is 1. The van der Waals surface area contributed by atoms with E-state index in [-0.39, 0.29) is 24.2 Å². The van der Waals surface area contributed by atoms with Gasteiger partial charge in [0.05, 0.1) is 12.0 Å². The molecule has 0 aromatic carbocycles. The number of Topliss-reactive ketones (excluding diaryl/α,β-unsaturated/α-hetero) is 1. The van der Waals surface area contributed by atoms with Gasteiger partial charge in [0.15, 0.2) is 5.78 Å². The van der Waals surface area contributed by atoms with Gasteiger partial charge in [-0.3, -0.25) is 9.59 Å². The highest BCUT2D eigenvalue weighted by molar-refractivity contribution is 5.87. The van der Waals surface area contributed by atoms with E-state index in [4.69, 9.17) is 5.11 Å². The SMILES string of the molecule is CNC(C(=O)C[C@@H](C)C(=O)O)C(C)C. The zero-order valence-corrected chi connectivity index (χ0v) is 9.20. The Kier molecular flexibility index (Phi) is 5.38. The summed E-state index contributed by atoms with van der Waals surface area (Å²) in [4.78, 5) is 22.1. The van der Waals surface area contributed by atoms with Gasteiger partial charge < -0.3 is 10.4 Å². The quantitative estimate of drug-likeness (QED) is 0.670. The molecular formula is C10H19NO3. The summed E-state index contributed by atoms with van der Waals surface area (Å²) in [6.45, 7) is 5.42. The maximum absolute atomic E-state index is 11.6. The zero-order chi connectivity index (χ0) is 11.3. The molecule has 2 atom stereocenters. The second kappa shape index (κ2) is 5.75. The first kappa shape index (κ1) is 13.1. The van der Waals surface area contributed by atoms with E-state index in [1.807, 2.05) is 13.8 Å². The molecule has 0 heterocycles. The molecule has 0 aliphatic rings. The number of likely N-dealkylation sites (N-methyl/N-ethyl adjacent to an activating group) is 1. The smallest absolute Gasteiger partial charge is 0.306 e. The lowest BCUT2D eigenvalue weighted by atomic mass is 9.93. The fourth-order valence-electron chi connectivity index (χ4n) is 1.38. The van der Waals surface area contributed by atoms with Crippen LogP contribution in [0.4, 0.5) is 0 Å². The molecule has 4 nitrogen and oxygen atoms in total. The summed E-state index contributed by atoms with van der Waals surface area (Å²) in [7, 11) is 1.72. The van der Waals surface area contributed by atoms with Crippen LogP contribution >= 0.6 is 0 Å². The van der Waals surface area contributed by atoms with Crippen molar-refractivity contribution >= 4 is 11.8 Å². The lowest BCUT2D eigenvalue weighted by Crippen LogP contribution is -2.39. The van der Waals surface area contributed by atoms with Crippen molar-refractivity contribution in [2.45, 2.75) is 33.2 Å². The van der Waals surface area contributed by atoms with Crippen LogP contribution in [0.15, 0.2) is 0 Å². The van der Waals surface area contributed by atoms with Crippen molar-refractivity contribution in [2.24, 2.45) is 11.8 Å². The van der Waals surface area contributed by atoms with Crippen LogP contribution in [0.1, 0.15) is 27.2 Å². The van der Waals surface area contributed by atoms with Crippen molar-refractivity contribution in [1.29, 1.82) is 0 Å². The van der Waals surface area contributed by atoms with E-state index in [1.165, 1.54) is 0 Å². The highest BCUT2D eigenvalue weighted by Crippen LogP contribution is 2.10. The average Bonchev–Trinajstić information content (AvgIpc) is 2.04. The number of carboxylic acid groups (broad SMARTS) is 1. The summed E-state index contributed by atoms with van der Waals surface area (Å²) in [6, 6.07) is -0.239. The van der Waals surface area contributed by atoms with Crippen molar-refractivity contribution in [2.75, 3.05) is 7.05 Å². The van der Waals surface area contributed by atoms with Crippen LogP contribution in [0.25, 0.3) is 0 Å². The zero-order valence-electron chi connectivity index (χ0n) is 9.20. The Bertz CT molecular complexity index is 213. The third-order valence-corrected chi connectivity index (χ3v) is 2.25. The van der Waals surface area contributed by atoms with Gasteiger partial charge in [-0.05, 0) is 13.0 Å². The van der Waals surface area contributed by atoms with E-state index in [2.05, 4.69) is 5.32 Å². The minimum atomic E-state index is -0.919. The van der Waals surface area contributed by atoms with Crippen LogP contribution in [-0.2, 0) is 9.59 Å². The molecule has 0 saturated carbocycles. The molecule has 0 fully saturated rings. The Hall–Kier alpha value is -0.900. The molecule has 0 aromatic heterocycles. The molecule has 0 saturated heterocycles. The van der Waals surface area contributed by atoms with E-state index >= 15 is 0 Å². The van der Waals surface area contributed by atoms with Crippen LogP contribution in [0.2, 0.25) is 0 Å². The first-order valence-electron chi connectivity index (χ1n) is 4.83. The monoisotopic (exact) mass is 201 g/mol. The molecule has 14 heavy (non-hydrogen) atoms. The van der Waals surface area contributed by atoms with Gasteiger partial charge in [-0.25, -0.2) is 0 Å². The molecular weight excluding hydrogens is 182 g/mol. The Morgan fingerprint density at radius 2 is 1.79 bits per heavy atom. The second-order valence-electron chi connectivity index (χ2n) is 3.92. The number of rotatable bonds is 6. The summed E-state index contributed by atoms with van der Waals surface area (Å²) in [5.41, 5.74) is 0. The Labute approximate surface area is 84.7 Å². The molecule has 2 N–H and O–H groups in total. The molecule has 0 rings (SSSR count). The van der Waals surface area contributed by atoms with Gasteiger partial charge in [0, 0.05) is 6.42 Å². The van der Waals surface area contributed by atoms with Crippen molar-refractivity contribution < 1.29 is 14.7 Å². The highest BCUT2D eigenvalue weighted by Gasteiger charge is 2.24. The second-order valence-corrected chi connectivity index (χ2v) is 3.92. The van der Waals surface area contributed by atoms with E-state index in [9.17, 15) is 9.59 Å². The molecule has 0 aromatic rings. The highest BCUT2D eigenvalue weighted by atomic mass is 16.4. The predicted molar refractivity (Wildman–Crippen MR) is 54.1 cm³/mol. The molecule has 1 unspecified atom stereocenters. The summed E-state index contributed by atoms with van der Waals surface area (Å²) in [5.74, 6) is -1.36. The van der Waals surface area contributed by atoms with Gasteiger partial charge in [-0.15, -0.1) is 0 Å². The molecule has 0 spiro atoms. The molecule has 4 heteroatoms. The van der Waals surface area contributed by atoms with Crippen LogP contribution in [0.3, 0.4) is 0 Å². The fraction of sp³-hybridized carbons (Fsp3) is 0.800. The summed E-state index contributed by atoms with van der Waals surface area (Å²) in [6.07, 6.45) is 0.0963. The Morgan fingerprint density at radius 1 is 1.29 bits per heavy atom. The van der Waals surface area contributed by atoms with Crippen molar-refractivity contribution in [3.63, 3.8) is 0 Å². The van der Waals surface area contributed by atoms with Crippen LogP contribution in [0, 0.1) is 11.8 Å². The van der Waals surface area contributed by atoms with Crippen molar-refractivity contribution in [3.8, 4) is 0 Å². The lowest BCUT2D eigenvalue weighted by Gasteiger charge is -2.19. The van der Waals surface area contributed by atoms with Gasteiger partial charge >= 0.3 is 5.97 Å². The van der Waals surface area contributed by atoms with Crippen LogP contribution in [-0.4, -0.2) is 29.9 Å². The lowest BCUT2D eigenvalue weighted by molar-refractivity contribution is -0.143. The van der Waals surface area contributed by atoms with Crippen LogP contribution in [0.5, 0.6) is 0 Å². The van der Waals surface area contributed by atoms with Crippen molar-refractivity contribution in [1.82, 2.24) is 5.32 Å². The summed E-state index contributed by atoms with van der Waals surface area (Å²) < 4.78 is 0. The maximum Gasteiger partial charge on any atom is 0.306 e. The number of carboxylic acids is 1. The fourth-order valence-corrected chi connectivity index (χ4v) is 1.38. The molecule has 82 valence electrons. The number of aliphatic carboxylic acids is 1. The van der Waals surface area contributed by atoms with E-state index in [0.29, 0.717) is 0 Å². The molecule has 0 aliphatic heterocycles. The van der Waals surface area contributed by atoms with Gasteiger partial charge in [-0.2, -0.15) is 0 Å². The standard InChI is InChI=1S/C10H19NO3/c1-6(2)9(11-4)8(12)5-7(3)10(13)14/h6-7,9,11H,5H2,1-4H3,(H,13,14)/t7-,9?/m1/s1. The third kappa shape index (κ3) is 3.87. The largest absolute Gasteiger partial charge is 0.481 e. The van der Waals surface area contributed by atoms with E-state index in [0.717, 1.165) is 0 Å². The van der Waals surface area contributed by atoms with Crippen LogP contribution < -0.4 is 5.32 Å². The normalized spacial score (nSPS) is 15.2. The molecule has 0 amide bonds. The third-order valence-electron chi connectivity index (χ3n) is 2.25. The molecule has 0 aliphatic carbocycles. The number of hydrogen-bond acceptors (Lipinski definition) is 3. The van der Waals surface area contributed by atoms with Gasteiger partial charge in [0.25, 0.3) is 0 Å². The van der Waals surface area contributed by atoms with E-state index in [1.54, 1.807) is 14.0 Å². The van der Waals surface area contributed by atoms with Gasteiger partial charge in [0.1, 0.15) is 0 Å².